The molecule has 0 aliphatic rings. The Bertz CT molecular complexity index is 398. The highest BCUT2D eigenvalue weighted by atomic mass is 79.9. The first kappa shape index (κ1) is 15.0. The molecule has 0 saturated heterocycles. The van der Waals surface area contributed by atoms with Crippen molar-refractivity contribution in [3.63, 3.8) is 0 Å². The molecule has 0 aliphatic carbocycles. The van der Waals surface area contributed by atoms with E-state index in [0.717, 1.165) is 10.0 Å². The molecule has 0 bridgehead atoms. The summed E-state index contributed by atoms with van der Waals surface area (Å²) in [5.74, 6) is 0. The zero-order chi connectivity index (χ0) is 13.8. The summed E-state index contributed by atoms with van der Waals surface area (Å²) in [5.41, 5.74) is 6.44. The van der Waals surface area contributed by atoms with Gasteiger partial charge in [-0.3, -0.25) is 0 Å². The van der Waals surface area contributed by atoms with Crippen LogP contribution in [0.5, 0.6) is 0 Å². The summed E-state index contributed by atoms with van der Waals surface area (Å²) in [7, 11) is 0. The van der Waals surface area contributed by atoms with Crippen molar-refractivity contribution in [2.75, 3.05) is 6.54 Å². The Balaban J connectivity index is 2.44. The molecule has 1 aromatic carbocycles. The SMILES string of the molecule is CC(C)(C)OC(=O)NCC(N)c1ccc(Br)cc1. The summed E-state index contributed by atoms with van der Waals surface area (Å²) in [6.45, 7) is 5.81. The summed E-state index contributed by atoms with van der Waals surface area (Å²) in [6.07, 6.45) is -0.449. The van der Waals surface area contributed by atoms with Crippen LogP contribution in [0.25, 0.3) is 0 Å². The van der Waals surface area contributed by atoms with E-state index in [9.17, 15) is 4.79 Å². The average molecular weight is 315 g/mol. The number of rotatable bonds is 3. The number of carbonyl (C=O) groups excluding carboxylic acids is 1. The van der Waals surface area contributed by atoms with Crippen molar-refractivity contribution in [1.82, 2.24) is 5.32 Å². The molecule has 0 spiro atoms. The molecule has 1 unspecified atom stereocenters. The maximum atomic E-state index is 11.5. The van der Waals surface area contributed by atoms with E-state index in [-0.39, 0.29) is 6.04 Å². The Kier molecular flexibility index (Phi) is 5.16. The van der Waals surface area contributed by atoms with Crippen LogP contribution in [0.15, 0.2) is 28.7 Å². The van der Waals surface area contributed by atoms with E-state index in [1.807, 2.05) is 45.0 Å². The molecule has 5 heteroatoms. The third-order valence-electron chi connectivity index (χ3n) is 2.16. The topological polar surface area (TPSA) is 64.3 Å². The number of halogens is 1. The van der Waals surface area contributed by atoms with Gasteiger partial charge in [-0.1, -0.05) is 28.1 Å². The largest absolute Gasteiger partial charge is 0.444 e. The van der Waals surface area contributed by atoms with Crippen LogP contribution in [-0.2, 0) is 4.74 Å². The number of hydrogen-bond acceptors (Lipinski definition) is 3. The van der Waals surface area contributed by atoms with Crippen LogP contribution in [0.2, 0.25) is 0 Å². The fourth-order valence-corrected chi connectivity index (χ4v) is 1.60. The van der Waals surface area contributed by atoms with Gasteiger partial charge >= 0.3 is 6.09 Å². The molecule has 1 rings (SSSR count). The van der Waals surface area contributed by atoms with E-state index in [0.29, 0.717) is 6.54 Å². The van der Waals surface area contributed by atoms with E-state index < -0.39 is 11.7 Å². The number of alkyl carbamates (subject to hydrolysis) is 1. The standard InChI is InChI=1S/C13H19BrN2O2/c1-13(2,3)18-12(17)16-8-11(15)9-4-6-10(14)7-5-9/h4-7,11H,8,15H2,1-3H3,(H,16,17). The molecule has 4 nitrogen and oxygen atoms in total. The summed E-state index contributed by atoms with van der Waals surface area (Å²) < 4.78 is 6.13. The molecule has 1 aromatic rings. The molecule has 100 valence electrons. The lowest BCUT2D eigenvalue weighted by molar-refractivity contribution is 0.0524. The number of hydrogen-bond donors (Lipinski definition) is 2. The molecule has 1 amide bonds. The molecular formula is C13H19BrN2O2. The Morgan fingerprint density at radius 1 is 1.39 bits per heavy atom. The fraction of sp³-hybridized carbons (Fsp3) is 0.462. The van der Waals surface area contributed by atoms with E-state index in [1.54, 1.807) is 0 Å². The van der Waals surface area contributed by atoms with Crippen LogP contribution < -0.4 is 11.1 Å². The van der Waals surface area contributed by atoms with Gasteiger partial charge in [-0.15, -0.1) is 0 Å². The molecule has 3 N–H and O–H groups in total. The zero-order valence-electron chi connectivity index (χ0n) is 10.9. The number of amides is 1. The highest BCUT2D eigenvalue weighted by molar-refractivity contribution is 9.10. The number of carbonyl (C=O) groups is 1. The summed E-state index contributed by atoms with van der Waals surface area (Å²) in [4.78, 5) is 11.5. The van der Waals surface area contributed by atoms with E-state index in [2.05, 4.69) is 21.2 Å². The summed E-state index contributed by atoms with van der Waals surface area (Å²) >= 11 is 3.36. The van der Waals surface area contributed by atoms with Gasteiger partial charge in [0.25, 0.3) is 0 Å². The van der Waals surface area contributed by atoms with Gasteiger partial charge < -0.3 is 15.8 Å². The van der Waals surface area contributed by atoms with Crippen molar-refractivity contribution in [2.45, 2.75) is 32.4 Å². The van der Waals surface area contributed by atoms with Crippen LogP contribution in [0.4, 0.5) is 4.79 Å². The lowest BCUT2D eigenvalue weighted by Gasteiger charge is -2.20. The Morgan fingerprint density at radius 3 is 2.44 bits per heavy atom. The molecule has 0 heterocycles. The molecule has 0 fully saturated rings. The van der Waals surface area contributed by atoms with E-state index >= 15 is 0 Å². The number of nitrogens with one attached hydrogen (secondary N) is 1. The minimum absolute atomic E-state index is 0.245. The zero-order valence-corrected chi connectivity index (χ0v) is 12.5. The maximum Gasteiger partial charge on any atom is 0.407 e. The molecule has 18 heavy (non-hydrogen) atoms. The number of ether oxygens (including phenoxy) is 1. The van der Waals surface area contributed by atoms with Gasteiger partial charge in [0.05, 0.1) is 0 Å². The van der Waals surface area contributed by atoms with Crippen LogP contribution in [0.1, 0.15) is 32.4 Å². The van der Waals surface area contributed by atoms with Crippen LogP contribution >= 0.6 is 15.9 Å². The predicted molar refractivity (Wildman–Crippen MR) is 75.3 cm³/mol. The minimum atomic E-state index is -0.494. The number of benzene rings is 1. The van der Waals surface area contributed by atoms with Crippen LogP contribution in [0, 0.1) is 0 Å². The van der Waals surface area contributed by atoms with Gasteiger partial charge in [0, 0.05) is 17.1 Å². The van der Waals surface area contributed by atoms with Crippen molar-refractivity contribution in [2.24, 2.45) is 5.73 Å². The van der Waals surface area contributed by atoms with Crippen LogP contribution in [-0.4, -0.2) is 18.2 Å². The van der Waals surface area contributed by atoms with Crippen molar-refractivity contribution >= 4 is 22.0 Å². The normalized spacial score (nSPS) is 12.9. The second-order valence-electron chi connectivity index (χ2n) is 5.04. The van der Waals surface area contributed by atoms with Crippen molar-refractivity contribution in [1.29, 1.82) is 0 Å². The Hall–Kier alpha value is -1.07. The highest BCUT2D eigenvalue weighted by Crippen LogP contribution is 2.15. The molecule has 1 atom stereocenters. The van der Waals surface area contributed by atoms with Gasteiger partial charge in [0.2, 0.25) is 0 Å². The lowest BCUT2D eigenvalue weighted by atomic mass is 10.1. The monoisotopic (exact) mass is 314 g/mol. The van der Waals surface area contributed by atoms with E-state index in [4.69, 9.17) is 10.5 Å². The first-order valence-electron chi connectivity index (χ1n) is 5.76. The van der Waals surface area contributed by atoms with E-state index in [1.165, 1.54) is 0 Å². The van der Waals surface area contributed by atoms with Gasteiger partial charge in [-0.25, -0.2) is 4.79 Å². The second kappa shape index (κ2) is 6.20. The van der Waals surface area contributed by atoms with Gasteiger partial charge in [0.15, 0.2) is 0 Å². The lowest BCUT2D eigenvalue weighted by Crippen LogP contribution is -2.36. The second-order valence-corrected chi connectivity index (χ2v) is 5.96. The fourth-order valence-electron chi connectivity index (χ4n) is 1.34. The maximum absolute atomic E-state index is 11.5. The van der Waals surface area contributed by atoms with Gasteiger partial charge in [-0.05, 0) is 38.5 Å². The molecule has 0 aliphatic heterocycles. The average Bonchev–Trinajstić information content (AvgIpc) is 2.24. The number of nitrogens with two attached hydrogens (primary N) is 1. The molecular weight excluding hydrogens is 296 g/mol. The minimum Gasteiger partial charge on any atom is -0.444 e. The quantitative estimate of drug-likeness (QED) is 0.901. The Morgan fingerprint density at radius 2 is 1.94 bits per heavy atom. The van der Waals surface area contributed by atoms with Crippen molar-refractivity contribution < 1.29 is 9.53 Å². The van der Waals surface area contributed by atoms with Crippen molar-refractivity contribution in [3.8, 4) is 0 Å². The molecule has 0 aromatic heterocycles. The third kappa shape index (κ3) is 5.51. The van der Waals surface area contributed by atoms with Gasteiger partial charge in [0.1, 0.15) is 5.60 Å². The Labute approximate surface area is 116 Å². The first-order valence-corrected chi connectivity index (χ1v) is 6.55. The molecule has 0 saturated carbocycles. The summed E-state index contributed by atoms with van der Waals surface area (Å²) in [5, 5.41) is 2.65. The third-order valence-corrected chi connectivity index (χ3v) is 2.69. The van der Waals surface area contributed by atoms with Crippen LogP contribution in [0.3, 0.4) is 0 Å². The molecule has 0 radical (unpaired) electrons. The predicted octanol–water partition coefficient (Wildman–Crippen LogP) is 2.97. The smallest absolute Gasteiger partial charge is 0.407 e. The van der Waals surface area contributed by atoms with Gasteiger partial charge in [-0.2, -0.15) is 0 Å². The highest BCUT2D eigenvalue weighted by Gasteiger charge is 2.16. The first-order chi connectivity index (χ1) is 8.28. The summed E-state index contributed by atoms with van der Waals surface area (Å²) in [6, 6.07) is 7.44. The van der Waals surface area contributed by atoms with Crippen molar-refractivity contribution in [3.05, 3.63) is 34.3 Å².